The standard InChI is InChI=1S/C31H28N8O4/c1-4-43-30(40)26-14-16-37(36-26)31-34-27(38-29(35-31)25(18-33-38)19(2)3)12-9-20-7-5-6-8-23(20)28-24-11-10-22(39(41)42)17-21(24)13-15-32-28/h5-8,10-11,13-19H,4,9,12H2,1-3H3. The molecular formula is C31H28N8O4. The molecule has 6 rings (SSSR count). The lowest BCUT2D eigenvalue weighted by Crippen LogP contribution is -2.13. The van der Waals surface area contributed by atoms with Crippen molar-refractivity contribution in [2.45, 2.75) is 39.5 Å². The lowest BCUT2D eigenvalue weighted by atomic mass is 9.96. The number of hydrogen-bond donors (Lipinski definition) is 0. The smallest absolute Gasteiger partial charge is 0.358 e. The highest BCUT2D eigenvalue weighted by Crippen LogP contribution is 2.32. The maximum Gasteiger partial charge on any atom is 0.358 e. The van der Waals surface area contributed by atoms with Gasteiger partial charge in [0.05, 0.1) is 23.4 Å². The molecule has 0 aliphatic rings. The Kier molecular flexibility index (Phi) is 7.33. The fourth-order valence-electron chi connectivity index (χ4n) is 5.07. The van der Waals surface area contributed by atoms with Gasteiger partial charge in [0.15, 0.2) is 11.3 Å². The van der Waals surface area contributed by atoms with E-state index in [1.165, 1.54) is 10.7 Å². The largest absolute Gasteiger partial charge is 0.461 e. The van der Waals surface area contributed by atoms with Gasteiger partial charge in [-0.2, -0.15) is 20.2 Å². The van der Waals surface area contributed by atoms with Crippen LogP contribution in [0.3, 0.4) is 0 Å². The summed E-state index contributed by atoms with van der Waals surface area (Å²) in [5.74, 6) is 0.667. The van der Waals surface area contributed by atoms with Crippen LogP contribution < -0.4 is 0 Å². The van der Waals surface area contributed by atoms with Crippen molar-refractivity contribution in [2.24, 2.45) is 0 Å². The summed E-state index contributed by atoms with van der Waals surface area (Å²) in [6, 6.07) is 16.1. The van der Waals surface area contributed by atoms with Crippen LogP contribution in [-0.4, -0.2) is 51.8 Å². The first-order chi connectivity index (χ1) is 20.8. The molecule has 12 heteroatoms. The molecule has 216 valence electrons. The normalized spacial score (nSPS) is 11.4. The van der Waals surface area contributed by atoms with Crippen LogP contribution in [0.5, 0.6) is 0 Å². The van der Waals surface area contributed by atoms with Crippen molar-refractivity contribution < 1.29 is 14.5 Å². The van der Waals surface area contributed by atoms with Gasteiger partial charge in [-0.1, -0.05) is 38.1 Å². The van der Waals surface area contributed by atoms with Gasteiger partial charge < -0.3 is 4.74 Å². The minimum absolute atomic E-state index is 0.0352. The Bertz CT molecular complexity index is 2000. The van der Waals surface area contributed by atoms with E-state index in [9.17, 15) is 14.9 Å². The molecule has 0 aliphatic carbocycles. The van der Waals surface area contributed by atoms with Crippen LogP contribution in [-0.2, 0) is 17.6 Å². The number of pyridine rings is 1. The molecule has 0 N–H and O–H groups in total. The number of aryl methyl sites for hydroxylation is 2. The Morgan fingerprint density at radius 1 is 1.07 bits per heavy atom. The molecular weight excluding hydrogens is 548 g/mol. The number of nitro groups is 1. The van der Waals surface area contributed by atoms with E-state index in [2.05, 4.69) is 29.0 Å². The second-order valence-corrected chi connectivity index (χ2v) is 10.3. The van der Waals surface area contributed by atoms with E-state index in [0.717, 1.165) is 33.2 Å². The average molecular weight is 577 g/mol. The maximum atomic E-state index is 12.2. The predicted octanol–water partition coefficient (Wildman–Crippen LogP) is 5.52. The number of nitrogens with zero attached hydrogens (tertiary/aromatic N) is 8. The van der Waals surface area contributed by atoms with Gasteiger partial charge in [-0.15, -0.1) is 0 Å². The van der Waals surface area contributed by atoms with Crippen LogP contribution in [0, 0.1) is 10.1 Å². The number of nitro benzene ring substituents is 1. The van der Waals surface area contributed by atoms with E-state index in [0.29, 0.717) is 30.3 Å². The first kappa shape index (κ1) is 27.6. The third-order valence-corrected chi connectivity index (χ3v) is 7.20. The van der Waals surface area contributed by atoms with E-state index < -0.39 is 10.9 Å². The Balaban J connectivity index is 1.38. The van der Waals surface area contributed by atoms with Crippen molar-refractivity contribution >= 4 is 28.1 Å². The van der Waals surface area contributed by atoms with Crippen LogP contribution >= 0.6 is 0 Å². The predicted molar refractivity (Wildman–Crippen MR) is 159 cm³/mol. The Morgan fingerprint density at radius 3 is 2.70 bits per heavy atom. The molecule has 6 aromatic rings. The number of hydrogen-bond acceptors (Lipinski definition) is 9. The lowest BCUT2D eigenvalue weighted by molar-refractivity contribution is -0.384. The van der Waals surface area contributed by atoms with Crippen molar-refractivity contribution in [2.75, 3.05) is 6.61 Å². The average Bonchev–Trinajstić information content (AvgIpc) is 3.68. The number of carbonyl (C=O) groups is 1. The highest BCUT2D eigenvalue weighted by molar-refractivity contribution is 5.96. The van der Waals surface area contributed by atoms with Gasteiger partial charge in [-0.05, 0) is 48.4 Å². The molecule has 0 radical (unpaired) electrons. The molecule has 0 atom stereocenters. The molecule has 0 spiro atoms. The van der Waals surface area contributed by atoms with Crippen LogP contribution in [0.1, 0.15) is 54.1 Å². The number of rotatable bonds is 9. The van der Waals surface area contributed by atoms with E-state index in [1.807, 2.05) is 30.5 Å². The molecule has 0 amide bonds. The summed E-state index contributed by atoms with van der Waals surface area (Å²) in [5, 5.41) is 21.9. The molecule has 4 aromatic heterocycles. The van der Waals surface area contributed by atoms with E-state index in [1.54, 1.807) is 48.1 Å². The number of esters is 1. The molecule has 4 heterocycles. The fourth-order valence-corrected chi connectivity index (χ4v) is 5.07. The summed E-state index contributed by atoms with van der Waals surface area (Å²) in [7, 11) is 0. The summed E-state index contributed by atoms with van der Waals surface area (Å²) in [4.78, 5) is 37.4. The number of non-ortho nitro benzene ring substituents is 1. The highest BCUT2D eigenvalue weighted by Gasteiger charge is 2.19. The number of carbonyl (C=O) groups excluding carboxylic acids is 1. The van der Waals surface area contributed by atoms with Crippen LogP contribution in [0.4, 0.5) is 5.69 Å². The van der Waals surface area contributed by atoms with Gasteiger partial charge in [0, 0.05) is 47.5 Å². The minimum Gasteiger partial charge on any atom is -0.461 e. The number of fused-ring (bicyclic) bond motifs is 2. The fraction of sp³-hybridized carbons (Fsp3) is 0.226. The second kappa shape index (κ2) is 11.4. The van der Waals surface area contributed by atoms with Crippen molar-refractivity contribution in [3.05, 3.63) is 106 Å². The molecule has 2 aromatic carbocycles. The summed E-state index contributed by atoms with van der Waals surface area (Å²) in [6.07, 6.45) is 6.24. The van der Waals surface area contributed by atoms with Crippen LogP contribution in [0.25, 0.3) is 33.6 Å². The number of ether oxygens (including phenoxy) is 1. The number of benzene rings is 2. The Hall–Kier alpha value is -5.52. The van der Waals surface area contributed by atoms with Crippen molar-refractivity contribution in [1.29, 1.82) is 0 Å². The third kappa shape index (κ3) is 5.30. The molecule has 0 fully saturated rings. The van der Waals surface area contributed by atoms with E-state index >= 15 is 0 Å². The molecule has 0 aliphatic heterocycles. The second-order valence-electron chi connectivity index (χ2n) is 10.3. The SMILES string of the molecule is CCOC(=O)c1ccn(-c2nc(CCc3ccccc3-c3nccc4cc([N+](=O)[O-])ccc34)n3ncc(C(C)C)c3n2)n1. The topological polar surface area (TPSA) is 143 Å². The zero-order valence-corrected chi connectivity index (χ0v) is 23.8. The minimum atomic E-state index is -0.511. The molecule has 0 saturated heterocycles. The lowest BCUT2D eigenvalue weighted by Gasteiger charge is -2.12. The summed E-state index contributed by atoms with van der Waals surface area (Å²) in [6.45, 7) is 6.15. The number of aromatic nitrogens is 7. The summed E-state index contributed by atoms with van der Waals surface area (Å²) < 4.78 is 8.31. The quantitative estimate of drug-likeness (QED) is 0.123. The first-order valence-corrected chi connectivity index (χ1v) is 13.9. The molecule has 12 nitrogen and oxygen atoms in total. The van der Waals surface area contributed by atoms with E-state index in [4.69, 9.17) is 14.7 Å². The first-order valence-electron chi connectivity index (χ1n) is 13.9. The molecule has 43 heavy (non-hydrogen) atoms. The van der Waals surface area contributed by atoms with Gasteiger partial charge in [-0.25, -0.2) is 14.0 Å². The molecule has 0 saturated carbocycles. The van der Waals surface area contributed by atoms with Crippen molar-refractivity contribution in [3.8, 4) is 17.2 Å². The third-order valence-electron chi connectivity index (χ3n) is 7.20. The zero-order chi connectivity index (χ0) is 30.1. The van der Waals surface area contributed by atoms with Crippen LogP contribution in [0.2, 0.25) is 0 Å². The van der Waals surface area contributed by atoms with Gasteiger partial charge in [0.2, 0.25) is 0 Å². The van der Waals surface area contributed by atoms with Gasteiger partial charge in [0.1, 0.15) is 5.82 Å². The molecule has 0 bridgehead atoms. The van der Waals surface area contributed by atoms with E-state index in [-0.39, 0.29) is 23.9 Å². The molecule has 0 unspecified atom stereocenters. The highest BCUT2D eigenvalue weighted by atomic mass is 16.6. The van der Waals surface area contributed by atoms with Crippen molar-refractivity contribution in [1.82, 2.24) is 34.3 Å². The van der Waals surface area contributed by atoms with Crippen molar-refractivity contribution in [3.63, 3.8) is 0 Å². The van der Waals surface area contributed by atoms with Gasteiger partial charge in [-0.3, -0.25) is 15.1 Å². The maximum absolute atomic E-state index is 12.2. The Morgan fingerprint density at radius 2 is 1.91 bits per heavy atom. The zero-order valence-electron chi connectivity index (χ0n) is 23.8. The van der Waals surface area contributed by atoms with Gasteiger partial charge in [0.25, 0.3) is 11.6 Å². The Labute approximate surface area is 246 Å². The van der Waals surface area contributed by atoms with Crippen LogP contribution in [0.15, 0.2) is 73.2 Å². The summed E-state index contributed by atoms with van der Waals surface area (Å²) >= 11 is 0. The monoisotopic (exact) mass is 576 g/mol. The van der Waals surface area contributed by atoms with Gasteiger partial charge >= 0.3 is 5.97 Å². The summed E-state index contributed by atoms with van der Waals surface area (Å²) in [5.41, 5.74) is 4.57.